The summed E-state index contributed by atoms with van der Waals surface area (Å²) >= 11 is 0. The topological polar surface area (TPSA) is 274 Å². The highest BCUT2D eigenvalue weighted by atomic mass is 16.3. The van der Waals surface area contributed by atoms with Crippen LogP contribution in [-0.4, -0.2) is 118 Å². The van der Waals surface area contributed by atoms with E-state index in [1.54, 1.807) is 26.1 Å². The monoisotopic (exact) mass is 739 g/mol. The van der Waals surface area contributed by atoms with Gasteiger partial charge >= 0.3 is 0 Å². The number of hydrogen-bond donors (Lipinski definition) is 9. The number of H-pyrrole nitrogens is 1. The molecule has 2 aliphatic heterocycles. The van der Waals surface area contributed by atoms with Crippen LogP contribution in [0.15, 0.2) is 30.5 Å². The van der Waals surface area contributed by atoms with Gasteiger partial charge < -0.3 is 52.6 Å². The Morgan fingerprint density at radius 1 is 0.868 bits per heavy atom. The van der Waals surface area contributed by atoms with E-state index in [2.05, 4.69) is 36.9 Å². The van der Waals surface area contributed by atoms with E-state index in [4.69, 9.17) is 5.73 Å². The lowest BCUT2D eigenvalue weighted by Gasteiger charge is -2.31. The van der Waals surface area contributed by atoms with Gasteiger partial charge in [0.1, 0.15) is 36.3 Å². The smallest absolute Gasteiger partial charge is 0.248 e. The van der Waals surface area contributed by atoms with E-state index in [0.717, 1.165) is 10.9 Å². The van der Waals surface area contributed by atoms with E-state index in [1.165, 1.54) is 18.7 Å². The van der Waals surface area contributed by atoms with Gasteiger partial charge in [-0.3, -0.25) is 38.4 Å². The number of carbonyl (C=O) groups is 8. The van der Waals surface area contributed by atoms with E-state index in [-0.39, 0.29) is 31.7 Å². The normalized spacial score (nSPS) is 26.4. The highest BCUT2D eigenvalue weighted by Crippen LogP contribution is 2.21. The molecule has 1 aromatic heterocycles. The number of nitrogens with zero attached hydrogens (tertiary/aromatic N) is 1. The van der Waals surface area contributed by atoms with Crippen LogP contribution in [0.2, 0.25) is 0 Å². The molecule has 18 nitrogen and oxygen atoms in total. The van der Waals surface area contributed by atoms with E-state index >= 15 is 0 Å². The molecule has 18 heteroatoms. The summed E-state index contributed by atoms with van der Waals surface area (Å²) in [6, 6.07) is -0.641. The first-order valence-electron chi connectivity index (χ1n) is 17.7. The van der Waals surface area contributed by atoms with E-state index in [9.17, 15) is 43.5 Å². The number of aliphatic hydroxyl groups excluding tert-OH is 1. The second-order valence-electron chi connectivity index (χ2n) is 14.0. The number of nitrogens with two attached hydrogens (primary N) is 1. The van der Waals surface area contributed by atoms with Crippen LogP contribution in [0.4, 0.5) is 0 Å². The number of hydrogen-bond acceptors (Lipinski definition) is 9. The third-order valence-corrected chi connectivity index (χ3v) is 9.19. The number of primary amides is 1. The Bertz CT molecular complexity index is 1720. The van der Waals surface area contributed by atoms with Gasteiger partial charge in [0, 0.05) is 30.1 Å². The number of rotatable bonds is 7. The number of aromatic nitrogens is 1. The fraction of sp³-hybridized carbons (Fsp3) is 0.543. The molecule has 10 N–H and O–H groups in total. The molecule has 53 heavy (non-hydrogen) atoms. The highest BCUT2D eigenvalue weighted by molar-refractivity contribution is 5.99. The van der Waals surface area contributed by atoms with Crippen molar-refractivity contribution >= 4 is 58.2 Å². The lowest BCUT2D eigenvalue weighted by Crippen LogP contribution is -2.61. The predicted molar refractivity (Wildman–Crippen MR) is 190 cm³/mol. The Balaban J connectivity index is 1.70. The number of benzene rings is 1. The van der Waals surface area contributed by atoms with Crippen molar-refractivity contribution in [2.75, 3.05) is 13.1 Å². The van der Waals surface area contributed by atoms with Crippen LogP contribution in [0, 0.1) is 5.92 Å². The zero-order valence-electron chi connectivity index (χ0n) is 30.2. The lowest BCUT2D eigenvalue weighted by atomic mass is 10.0. The van der Waals surface area contributed by atoms with Gasteiger partial charge in [-0.1, -0.05) is 32.0 Å². The minimum absolute atomic E-state index is 0.0731. The molecule has 3 heterocycles. The first-order chi connectivity index (χ1) is 25.0. The maximum absolute atomic E-state index is 13.9. The van der Waals surface area contributed by atoms with Crippen LogP contribution in [0.5, 0.6) is 0 Å². The third-order valence-electron chi connectivity index (χ3n) is 9.19. The molecular weight excluding hydrogens is 690 g/mol. The summed E-state index contributed by atoms with van der Waals surface area (Å²) in [4.78, 5) is 111. The van der Waals surface area contributed by atoms with Crippen LogP contribution in [0.1, 0.15) is 58.9 Å². The van der Waals surface area contributed by atoms with Crippen molar-refractivity contribution < 1.29 is 43.5 Å². The SMILES string of the molecule is CC(C)CC1NC(=O)CNC(=O)C2CCCN2C(=O)C(C(C)O)NC(=O)C(Cc2c[nH]c3ccccc23)NC(=O)C(C)NC(=O)C(CC(N)=O)NC1=O. The first-order valence-corrected chi connectivity index (χ1v) is 17.7. The second-order valence-corrected chi connectivity index (χ2v) is 14.0. The van der Waals surface area contributed by atoms with Crippen molar-refractivity contribution in [2.45, 2.75) is 102 Å². The zero-order valence-corrected chi connectivity index (χ0v) is 30.2. The van der Waals surface area contributed by atoms with Gasteiger partial charge in [0.25, 0.3) is 0 Å². The number of para-hydroxylation sites is 1. The number of aliphatic hydroxyl groups is 1. The Kier molecular flexibility index (Phi) is 13.5. The first kappa shape index (κ1) is 40.3. The summed E-state index contributed by atoms with van der Waals surface area (Å²) in [6.45, 7) is 5.81. The van der Waals surface area contributed by atoms with Crippen molar-refractivity contribution in [1.29, 1.82) is 0 Å². The molecule has 0 spiro atoms. The largest absolute Gasteiger partial charge is 0.391 e. The quantitative estimate of drug-likeness (QED) is 0.146. The molecule has 2 aromatic rings. The summed E-state index contributed by atoms with van der Waals surface area (Å²) in [5.41, 5.74) is 6.79. The van der Waals surface area contributed by atoms with Crippen LogP contribution in [0.3, 0.4) is 0 Å². The molecule has 0 saturated carbocycles. The summed E-state index contributed by atoms with van der Waals surface area (Å²) in [7, 11) is 0. The summed E-state index contributed by atoms with van der Waals surface area (Å²) in [5, 5.41) is 26.6. The molecule has 2 aliphatic rings. The maximum atomic E-state index is 13.9. The van der Waals surface area contributed by atoms with Crippen LogP contribution >= 0.6 is 0 Å². The minimum Gasteiger partial charge on any atom is -0.391 e. The van der Waals surface area contributed by atoms with E-state index in [1.807, 2.05) is 18.2 Å². The average molecular weight is 740 g/mol. The molecule has 4 rings (SSSR count). The fourth-order valence-electron chi connectivity index (χ4n) is 6.45. The number of fused-ring (bicyclic) bond motifs is 2. The average Bonchev–Trinajstić information content (AvgIpc) is 3.75. The van der Waals surface area contributed by atoms with Crippen molar-refractivity contribution in [3.8, 4) is 0 Å². The minimum atomic E-state index is -1.54. The Hall–Kier alpha value is -5.52. The number of aromatic amines is 1. The molecule has 0 radical (unpaired) electrons. The summed E-state index contributed by atoms with van der Waals surface area (Å²) < 4.78 is 0. The molecule has 2 fully saturated rings. The van der Waals surface area contributed by atoms with Crippen molar-refractivity contribution in [3.05, 3.63) is 36.0 Å². The number of amides is 8. The predicted octanol–water partition coefficient (Wildman–Crippen LogP) is -2.42. The van der Waals surface area contributed by atoms with Gasteiger partial charge in [0.15, 0.2) is 0 Å². The van der Waals surface area contributed by atoms with Crippen LogP contribution < -0.4 is 37.6 Å². The van der Waals surface area contributed by atoms with Gasteiger partial charge in [-0.05, 0) is 50.7 Å². The number of carbonyl (C=O) groups excluding carboxylic acids is 8. The standard InChI is InChI=1S/C35H49N9O9/c1-17(2)12-23-32(50)42-25(14-27(36)46)31(49)39-18(3)30(48)41-24(13-20-15-37-22-9-6-5-8-21(20)22)33(51)43-29(19(4)45)35(53)44-11-7-10-26(44)34(52)38-16-28(47)40-23/h5-6,8-9,15,17-19,23-26,29,37,45H,7,10-14,16H2,1-4H3,(H2,36,46)(H,38,52)(H,39,49)(H,40,47)(H,41,48)(H,42,50)(H,43,51). The Morgan fingerprint density at radius 3 is 2.21 bits per heavy atom. The van der Waals surface area contributed by atoms with Crippen molar-refractivity contribution in [3.63, 3.8) is 0 Å². The lowest BCUT2D eigenvalue weighted by molar-refractivity contribution is -0.144. The Morgan fingerprint density at radius 2 is 1.53 bits per heavy atom. The molecule has 0 bridgehead atoms. The van der Waals surface area contributed by atoms with Gasteiger partial charge in [-0.2, -0.15) is 0 Å². The Labute approximate surface area is 306 Å². The van der Waals surface area contributed by atoms with Gasteiger partial charge in [0.2, 0.25) is 47.3 Å². The molecule has 288 valence electrons. The summed E-state index contributed by atoms with van der Waals surface area (Å²) in [5.74, 6) is -6.59. The molecule has 7 unspecified atom stereocenters. The zero-order chi connectivity index (χ0) is 39.0. The molecular formula is C35H49N9O9. The van der Waals surface area contributed by atoms with Gasteiger partial charge in [-0.25, -0.2) is 0 Å². The van der Waals surface area contributed by atoms with E-state index in [0.29, 0.717) is 12.0 Å². The van der Waals surface area contributed by atoms with Crippen molar-refractivity contribution in [1.82, 2.24) is 41.8 Å². The van der Waals surface area contributed by atoms with Crippen LogP contribution in [0.25, 0.3) is 10.9 Å². The molecule has 7 atom stereocenters. The van der Waals surface area contributed by atoms with Crippen LogP contribution in [-0.2, 0) is 44.8 Å². The number of nitrogens with one attached hydrogen (secondary N) is 7. The fourth-order valence-corrected chi connectivity index (χ4v) is 6.45. The van der Waals surface area contributed by atoms with E-state index < -0.39 is 103 Å². The summed E-state index contributed by atoms with van der Waals surface area (Å²) in [6.07, 6.45) is 0.345. The molecule has 0 aliphatic carbocycles. The highest BCUT2D eigenvalue weighted by Gasteiger charge is 2.40. The maximum Gasteiger partial charge on any atom is 0.248 e. The van der Waals surface area contributed by atoms with Gasteiger partial charge in [-0.15, -0.1) is 0 Å². The van der Waals surface area contributed by atoms with Crippen molar-refractivity contribution in [2.24, 2.45) is 11.7 Å². The van der Waals surface area contributed by atoms with Gasteiger partial charge in [0.05, 0.1) is 19.1 Å². The molecule has 2 saturated heterocycles. The third kappa shape index (κ3) is 10.5. The molecule has 8 amide bonds. The second kappa shape index (κ2) is 17.8. The molecule has 1 aromatic carbocycles.